The van der Waals surface area contributed by atoms with Crippen LogP contribution >= 0.6 is 11.3 Å². The molecule has 2 aromatic rings. The Balaban J connectivity index is 1.83. The zero-order valence-electron chi connectivity index (χ0n) is 15.3. The van der Waals surface area contributed by atoms with Gasteiger partial charge >= 0.3 is 0 Å². The van der Waals surface area contributed by atoms with E-state index in [9.17, 15) is 9.59 Å². The van der Waals surface area contributed by atoms with Crippen LogP contribution in [0.25, 0.3) is 0 Å². The van der Waals surface area contributed by atoms with Gasteiger partial charge in [0.15, 0.2) is 0 Å². The van der Waals surface area contributed by atoms with Crippen molar-refractivity contribution in [2.45, 2.75) is 58.4 Å². The Kier molecular flexibility index (Phi) is 6.04. The van der Waals surface area contributed by atoms with Crippen molar-refractivity contribution in [1.82, 2.24) is 10.3 Å². The Morgan fingerprint density at radius 2 is 2.00 bits per heavy atom. The van der Waals surface area contributed by atoms with Crippen molar-refractivity contribution >= 4 is 28.2 Å². The number of thiophene rings is 1. The SMILES string of the molecule is CCc1c(C)sc(NC(=O)c2cccnc2)c1C(=O)NC1CCCCC1. The van der Waals surface area contributed by atoms with Crippen LogP contribution in [0, 0.1) is 6.92 Å². The van der Waals surface area contributed by atoms with Crippen LogP contribution in [-0.2, 0) is 6.42 Å². The molecule has 2 N–H and O–H groups in total. The van der Waals surface area contributed by atoms with E-state index in [1.54, 1.807) is 18.3 Å². The van der Waals surface area contributed by atoms with E-state index in [1.165, 1.54) is 36.8 Å². The predicted molar refractivity (Wildman–Crippen MR) is 105 cm³/mol. The minimum absolute atomic E-state index is 0.0698. The van der Waals surface area contributed by atoms with Crippen molar-refractivity contribution in [3.63, 3.8) is 0 Å². The smallest absolute Gasteiger partial charge is 0.257 e. The standard InChI is InChI=1S/C20H25N3O2S/c1-3-16-13(2)26-20(23-18(24)14-8-7-11-21-12-14)17(16)19(25)22-15-9-5-4-6-10-15/h7-8,11-12,15H,3-6,9-10H2,1-2H3,(H,22,25)(H,23,24). The number of carbonyl (C=O) groups excluding carboxylic acids is 2. The van der Waals surface area contributed by atoms with Gasteiger partial charge in [-0.15, -0.1) is 11.3 Å². The predicted octanol–water partition coefficient (Wildman–Crippen LogP) is 4.33. The lowest BCUT2D eigenvalue weighted by molar-refractivity contribution is 0.0928. The molecule has 138 valence electrons. The molecule has 0 aliphatic heterocycles. The van der Waals surface area contributed by atoms with Crippen LogP contribution in [0.15, 0.2) is 24.5 Å². The van der Waals surface area contributed by atoms with Crippen molar-refractivity contribution in [3.05, 3.63) is 46.1 Å². The minimum atomic E-state index is -0.242. The van der Waals surface area contributed by atoms with Gasteiger partial charge in [0.2, 0.25) is 0 Å². The highest BCUT2D eigenvalue weighted by Gasteiger charge is 2.25. The van der Waals surface area contributed by atoms with Crippen LogP contribution in [0.3, 0.4) is 0 Å². The Morgan fingerprint density at radius 3 is 2.65 bits per heavy atom. The summed E-state index contributed by atoms with van der Waals surface area (Å²) in [6, 6.07) is 3.68. The molecule has 2 amide bonds. The molecule has 5 nitrogen and oxygen atoms in total. The number of hydrogen-bond donors (Lipinski definition) is 2. The first-order valence-electron chi connectivity index (χ1n) is 9.24. The second-order valence-electron chi connectivity index (χ2n) is 6.70. The lowest BCUT2D eigenvalue weighted by Gasteiger charge is -2.23. The number of nitrogens with zero attached hydrogens (tertiary/aromatic N) is 1. The Hall–Kier alpha value is -2.21. The molecule has 26 heavy (non-hydrogen) atoms. The summed E-state index contributed by atoms with van der Waals surface area (Å²) in [7, 11) is 0. The first-order chi connectivity index (χ1) is 12.6. The van der Waals surface area contributed by atoms with Crippen molar-refractivity contribution < 1.29 is 9.59 Å². The third-order valence-electron chi connectivity index (χ3n) is 4.88. The first-order valence-corrected chi connectivity index (χ1v) is 10.1. The highest BCUT2D eigenvalue weighted by Crippen LogP contribution is 2.34. The summed E-state index contributed by atoms with van der Waals surface area (Å²) >= 11 is 1.47. The van der Waals surface area contributed by atoms with E-state index < -0.39 is 0 Å². The molecule has 0 saturated heterocycles. The van der Waals surface area contributed by atoms with E-state index in [0.717, 1.165) is 29.7 Å². The van der Waals surface area contributed by atoms with Gasteiger partial charge in [-0.1, -0.05) is 26.2 Å². The summed E-state index contributed by atoms with van der Waals surface area (Å²) in [5.74, 6) is -0.312. The third kappa shape index (κ3) is 4.12. The second-order valence-corrected chi connectivity index (χ2v) is 7.92. The number of anilines is 1. The van der Waals surface area contributed by atoms with Crippen molar-refractivity contribution in [2.75, 3.05) is 5.32 Å². The maximum absolute atomic E-state index is 13.0. The molecule has 1 fully saturated rings. The van der Waals surface area contributed by atoms with E-state index in [-0.39, 0.29) is 17.9 Å². The number of pyridine rings is 1. The van der Waals surface area contributed by atoms with Gasteiger partial charge in [-0.05, 0) is 43.9 Å². The molecule has 3 rings (SSSR count). The summed E-state index contributed by atoms with van der Waals surface area (Å²) in [6.45, 7) is 4.04. The molecule has 1 aliphatic carbocycles. The van der Waals surface area contributed by atoms with Crippen molar-refractivity contribution in [3.8, 4) is 0 Å². The third-order valence-corrected chi connectivity index (χ3v) is 5.94. The highest BCUT2D eigenvalue weighted by molar-refractivity contribution is 7.16. The number of aromatic nitrogens is 1. The van der Waals surface area contributed by atoms with Crippen LogP contribution in [0.2, 0.25) is 0 Å². The zero-order valence-corrected chi connectivity index (χ0v) is 16.1. The largest absolute Gasteiger partial charge is 0.349 e. The van der Waals surface area contributed by atoms with Gasteiger partial charge < -0.3 is 10.6 Å². The van der Waals surface area contributed by atoms with E-state index >= 15 is 0 Å². The zero-order chi connectivity index (χ0) is 18.5. The molecule has 1 aliphatic rings. The molecule has 0 unspecified atom stereocenters. The molecule has 0 radical (unpaired) electrons. The van der Waals surface area contributed by atoms with Crippen molar-refractivity contribution in [1.29, 1.82) is 0 Å². The van der Waals surface area contributed by atoms with Crippen LogP contribution in [0.5, 0.6) is 0 Å². The summed E-state index contributed by atoms with van der Waals surface area (Å²) in [5.41, 5.74) is 2.12. The number of carbonyl (C=O) groups is 2. The van der Waals surface area contributed by atoms with Gasteiger partial charge in [0, 0.05) is 23.3 Å². The molecule has 0 aromatic carbocycles. The average Bonchev–Trinajstić information content (AvgIpc) is 2.98. The normalized spacial score (nSPS) is 14.8. The van der Waals surface area contributed by atoms with Gasteiger partial charge in [-0.2, -0.15) is 0 Å². The molecule has 1 saturated carbocycles. The molecule has 0 atom stereocenters. The molecule has 2 aromatic heterocycles. The molecule has 2 heterocycles. The highest BCUT2D eigenvalue weighted by atomic mass is 32.1. The van der Waals surface area contributed by atoms with Gasteiger partial charge in [0.25, 0.3) is 11.8 Å². The van der Waals surface area contributed by atoms with Crippen LogP contribution < -0.4 is 10.6 Å². The van der Waals surface area contributed by atoms with Gasteiger partial charge in [-0.25, -0.2) is 0 Å². The molecular weight excluding hydrogens is 346 g/mol. The van der Waals surface area contributed by atoms with Crippen LogP contribution in [0.4, 0.5) is 5.00 Å². The maximum atomic E-state index is 13.0. The van der Waals surface area contributed by atoms with Crippen LogP contribution in [0.1, 0.15) is 70.2 Å². The fourth-order valence-electron chi connectivity index (χ4n) is 3.51. The average molecular weight is 372 g/mol. The molecular formula is C20H25N3O2S. The topological polar surface area (TPSA) is 71.1 Å². The van der Waals surface area contributed by atoms with Crippen molar-refractivity contribution in [2.24, 2.45) is 0 Å². The lowest BCUT2D eigenvalue weighted by atomic mass is 9.95. The first kappa shape index (κ1) is 18.6. The van der Waals surface area contributed by atoms with Gasteiger partial charge in [-0.3, -0.25) is 14.6 Å². The van der Waals surface area contributed by atoms with E-state index in [0.29, 0.717) is 16.1 Å². The Labute approximate surface area is 158 Å². The van der Waals surface area contributed by atoms with Crippen LogP contribution in [-0.4, -0.2) is 22.8 Å². The molecule has 0 spiro atoms. The van der Waals surface area contributed by atoms with E-state index in [1.807, 2.05) is 13.8 Å². The number of hydrogen-bond acceptors (Lipinski definition) is 4. The van der Waals surface area contributed by atoms with Gasteiger partial charge in [0.1, 0.15) is 5.00 Å². The summed E-state index contributed by atoms with van der Waals surface area (Å²) in [6.07, 6.45) is 9.57. The van der Waals surface area contributed by atoms with Gasteiger partial charge in [0.05, 0.1) is 11.1 Å². The summed E-state index contributed by atoms with van der Waals surface area (Å²) in [5, 5.41) is 6.73. The second kappa shape index (κ2) is 8.45. The Bertz CT molecular complexity index is 780. The fraction of sp³-hybridized carbons (Fsp3) is 0.450. The lowest BCUT2D eigenvalue weighted by Crippen LogP contribution is -2.36. The monoisotopic (exact) mass is 371 g/mol. The molecule has 6 heteroatoms. The molecule has 0 bridgehead atoms. The minimum Gasteiger partial charge on any atom is -0.349 e. The number of aryl methyl sites for hydroxylation is 1. The van der Waals surface area contributed by atoms with E-state index in [2.05, 4.69) is 15.6 Å². The fourth-order valence-corrected chi connectivity index (χ4v) is 4.65. The number of amides is 2. The quantitative estimate of drug-likeness (QED) is 0.822. The number of rotatable bonds is 5. The number of nitrogens with one attached hydrogen (secondary N) is 2. The van der Waals surface area contributed by atoms with E-state index in [4.69, 9.17) is 0 Å². The summed E-state index contributed by atoms with van der Waals surface area (Å²) in [4.78, 5) is 30.5. The maximum Gasteiger partial charge on any atom is 0.257 e. The summed E-state index contributed by atoms with van der Waals surface area (Å²) < 4.78 is 0. The Morgan fingerprint density at radius 1 is 1.23 bits per heavy atom.